The Morgan fingerprint density at radius 3 is 2.53 bits per heavy atom. The highest BCUT2D eigenvalue weighted by Gasteiger charge is 2.25. The fraction of sp³-hybridized carbons (Fsp3) is 0.364. The molecule has 0 spiro atoms. The van der Waals surface area contributed by atoms with E-state index in [-0.39, 0.29) is 17.0 Å². The minimum atomic E-state index is -0.313. The first-order valence-corrected chi connectivity index (χ1v) is 4.81. The molecular formula is C11H14N2O2. The first-order valence-electron chi connectivity index (χ1n) is 4.81. The van der Waals surface area contributed by atoms with E-state index in [1.807, 2.05) is 20.8 Å². The van der Waals surface area contributed by atoms with Gasteiger partial charge in [0, 0.05) is 11.8 Å². The molecule has 2 rings (SSSR count). The van der Waals surface area contributed by atoms with Gasteiger partial charge in [-0.15, -0.1) is 0 Å². The number of nitrogens with one attached hydrogen (secondary N) is 1. The van der Waals surface area contributed by atoms with E-state index >= 15 is 0 Å². The number of hydrogen-bond acceptors (Lipinski definition) is 3. The van der Waals surface area contributed by atoms with Crippen molar-refractivity contribution in [2.24, 2.45) is 0 Å². The van der Waals surface area contributed by atoms with Crippen molar-refractivity contribution in [2.45, 2.75) is 26.2 Å². The van der Waals surface area contributed by atoms with Gasteiger partial charge >= 0.3 is 0 Å². The Kier molecular flexibility index (Phi) is 1.89. The quantitative estimate of drug-likeness (QED) is 0.619. The third-order valence-corrected chi connectivity index (χ3v) is 2.40. The number of nitrogens with zero attached hydrogens (tertiary/aromatic N) is 1. The van der Waals surface area contributed by atoms with Crippen molar-refractivity contribution in [1.82, 2.24) is 9.97 Å². The monoisotopic (exact) mass is 206 g/mol. The normalized spacial score (nSPS) is 12.2. The zero-order valence-electron chi connectivity index (χ0n) is 9.00. The molecule has 0 aliphatic rings. The van der Waals surface area contributed by atoms with Crippen LogP contribution in [0, 0.1) is 0 Å². The van der Waals surface area contributed by atoms with E-state index in [0.29, 0.717) is 11.1 Å². The number of H-pyrrole nitrogens is 1. The van der Waals surface area contributed by atoms with Crippen LogP contribution in [0.1, 0.15) is 26.3 Å². The number of hydrogen-bond donors (Lipinski definition) is 3. The van der Waals surface area contributed by atoms with Crippen LogP contribution >= 0.6 is 0 Å². The lowest BCUT2D eigenvalue weighted by Crippen LogP contribution is -2.12. The number of fused-ring (bicyclic) bond motifs is 1. The lowest BCUT2D eigenvalue weighted by molar-refractivity contribution is 0.378. The maximum Gasteiger partial charge on any atom is 0.255 e. The van der Waals surface area contributed by atoms with Crippen molar-refractivity contribution in [1.29, 1.82) is 0 Å². The van der Waals surface area contributed by atoms with Gasteiger partial charge in [-0.05, 0) is 11.5 Å². The predicted molar refractivity (Wildman–Crippen MR) is 58.1 cm³/mol. The van der Waals surface area contributed by atoms with Gasteiger partial charge in [-0.2, -0.15) is 0 Å². The van der Waals surface area contributed by atoms with Crippen LogP contribution in [0.3, 0.4) is 0 Å². The molecule has 2 aromatic rings. The second kappa shape index (κ2) is 2.89. The van der Waals surface area contributed by atoms with Gasteiger partial charge < -0.3 is 15.2 Å². The van der Waals surface area contributed by atoms with E-state index in [9.17, 15) is 10.2 Å². The molecule has 3 N–H and O–H groups in total. The van der Waals surface area contributed by atoms with Gasteiger partial charge in [-0.1, -0.05) is 20.8 Å². The van der Waals surface area contributed by atoms with Crippen molar-refractivity contribution in [3.8, 4) is 11.6 Å². The molecule has 2 aromatic heterocycles. The second-order valence-corrected chi connectivity index (χ2v) is 4.65. The van der Waals surface area contributed by atoms with Crippen molar-refractivity contribution in [3.63, 3.8) is 0 Å². The second-order valence-electron chi connectivity index (χ2n) is 4.65. The first kappa shape index (κ1) is 9.83. The van der Waals surface area contributed by atoms with Crippen LogP contribution in [0.4, 0.5) is 0 Å². The fourth-order valence-electron chi connectivity index (χ4n) is 1.78. The number of aromatic hydroxyl groups is 2. The first-order chi connectivity index (χ1) is 6.91. The molecule has 0 aromatic carbocycles. The fourth-order valence-corrected chi connectivity index (χ4v) is 1.78. The Hall–Kier alpha value is -1.71. The van der Waals surface area contributed by atoms with Crippen LogP contribution in [-0.4, -0.2) is 20.2 Å². The summed E-state index contributed by atoms with van der Waals surface area (Å²) in [5, 5.41) is 19.3. The summed E-state index contributed by atoms with van der Waals surface area (Å²) in [7, 11) is 0. The number of aromatic amines is 1. The molecule has 0 saturated carbocycles. The Morgan fingerprint density at radius 2 is 1.93 bits per heavy atom. The summed E-state index contributed by atoms with van der Waals surface area (Å²) >= 11 is 0. The minimum Gasteiger partial charge on any atom is -0.503 e. The smallest absolute Gasteiger partial charge is 0.255 e. The highest BCUT2D eigenvalue weighted by molar-refractivity contribution is 5.83. The van der Waals surface area contributed by atoms with Crippen LogP contribution in [0.2, 0.25) is 0 Å². The highest BCUT2D eigenvalue weighted by Crippen LogP contribution is 2.39. The molecule has 0 atom stereocenters. The van der Waals surface area contributed by atoms with Gasteiger partial charge in [-0.25, -0.2) is 4.98 Å². The zero-order valence-corrected chi connectivity index (χ0v) is 9.00. The van der Waals surface area contributed by atoms with Gasteiger partial charge in [-0.3, -0.25) is 0 Å². The number of pyridine rings is 1. The molecule has 0 unspecified atom stereocenters. The van der Waals surface area contributed by atoms with Gasteiger partial charge in [0.15, 0.2) is 5.75 Å². The van der Waals surface area contributed by atoms with E-state index in [1.165, 1.54) is 0 Å². The van der Waals surface area contributed by atoms with E-state index in [0.717, 1.165) is 5.52 Å². The highest BCUT2D eigenvalue weighted by atomic mass is 16.3. The summed E-state index contributed by atoms with van der Waals surface area (Å²) in [4.78, 5) is 6.91. The molecule has 0 bridgehead atoms. The van der Waals surface area contributed by atoms with Crippen LogP contribution in [0.15, 0.2) is 12.3 Å². The molecule has 0 radical (unpaired) electrons. The summed E-state index contributed by atoms with van der Waals surface area (Å²) in [6.07, 6.45) is 1.74. The molecule has 0 aliphatic carbocycles. The average molecular weight is 206 g/mol. The van der Waals surface area contributed by atoms with Crippen molar-refractivity contribution >= 4 is 11.0 Å². The Morgan fingerprint density at radius 1 is 1.27 bits per heavy atom. The maximum atomic E-state index is 9.82. The zero-order chi connectivity index (χ0) is 11.2. The van der Waals surface area contributed by atoms with Crippen molar-refractivity contribution in [2.75, 3.05) is 0 Å². The number of aromatic nitrogens is 2. The minimum absolute atomic E-state index is 0.141. The molecule has 80 valence electrons. The van der Waals surface area contributed by atoms with E-state index in [1.54, 1.807) is 12.3 Å². The summed E-state index contributed by atoms with van der Waals surface area (Å²) in [6.45, 7) is 5.92. The maximum absolute atomic E-state index is 9.82. The molecular weight excluding hydrogens is 192 g/mol. The average Bonchev–Trinajstić information content (AvgIpc) is 2.50. The lowest BCUT2D eigenvalue weighted by atomic mass is 9.86. The Labute approximate surface area is 87.6 Å². The molecule has 4 nitrogen and oxygen atoms in total. The molecule has 0 saturated heterocycles. The number of rotatable bonds is 0. The van der Waals surface area contributed by atoms with E-state index in [4.69, 9.17) is 0 Å². The third kappa shape index (κ3) is 1.42. The SMILES string of the molecule is CC(C)(C)c1c(O)c(O)nc2cc[nH]c12. The van der Waals surface area contributed by atoms with Crippen LogP contribution in [0.5, 0.6) is 11.6 Å². The van der Waals surface area contributed by atoms with Crippen molar-refractivity contribution < 1.29 is 10.2 Å². The molecule has 0 amide bonds. The molecule has 0 fully saturated rings. The molecule has 15 heavy (non-hydrogen) atoms. The summed E-state index contributed by atoms with van der Waals surface area (Å²) < 4.78 is 0. The Bertz CT molecular complexity index is 509. The largest absolute Gasteiger partial charge is 0.503 e. The van der Waals surface area contributed by atoms with Gasteiger partial charge in [0.25, 0.3) is 5.88 Å². The topological polar surface area (TPSA) is 69.1 Å². The van der Waals surface area contributed by atoms with Crippen molar-refractivity contribution in [3.05, 3.63) is 17.8 Å². The summed E-state index contributed by atoms with van der Waals surface area (Å²) in [5.74, 6) is -0.454. The summed E-state index contributed by atoms with van der Waals surface area (Å²) in [5.41, 5.74) is 1.87. The molecule has 2 heterocycles. The summed E-state index contributed by atoms with van der Waals surface area (Å²) in [6, 6.07) is 1.77. The van der Waals surface area contributed by atoms with E-state index in [2.05, 4.69) is 9.97 Å². The van der Waals surface area contributed by atoms with Gasteiger partial charge in [0.1, 0.15) is 0 Å². The molecule has 4 heteroatoms. The van der Waals surface area contributed by atoms with Crippen LogP contribution < -0.4 is 0 Å². The third-order valence-electron chi connectivity index (χ3n) is 2.40. The Balaban J connectivity index is 2.90. The van der Waals surface area contributed by atoms with Crippen LogP contribution in [-0.2, 0) is 5.41 Å². The van der Waals surface area contributed by atoms with Crippen LogP contribution in [0.25, 0.3) is 11.0 Å². The van der Waals surface area contributed by atoms with Gasteiger partial charge in [0.05, 0.1) is 11.0 Å². The standard InChI is InChI=1S/C11H14N2O2/c1-11(2,3)7-8-6(4-5-12-8)13-10(15)9(7)14/h4-5,12,14H,1-3H3,(H,13,15). The van der Waals surface area contributed by atoms with Gasteiger partial charge in [0.2, 0.25) is 0 Å². The molecule has 0 aliphatic heterocycles. The lowest BCUT2D eigenvalue weighted by Gasteiger charge is -2.21. The predicted octanol–water partition coefficient (Wildman–Crippen LogP) is 2.27. The van der Waals surface area contributed by atoms with E-state index < -0.39 is 0 Å².